The lowest BCUT2D eigenvalue weighted by molar-refractivity contribution is -0.118. The SMILES string of the molecule is C=CCOC(=O)c1ccc(NC(=O)c2ccc(NC(=O)c3ccc(NC(=O)[C@H](CC#N)NC(=O)c4ccc(NC(=O)/C(C)=C/c5ccc(C)cc5)cn4)cc3)c(OC)c2OCC=C)c(OC)c1OCC=C. The Kier molecular flexibility index (Phi) is 18.9. The third-order valence-corrected chi connectivity index (χ3v) is 10.0. The zero-order valence-electron chi connectivity index (χ0n) is 39.4. The molecule has 364 valence electrons. The quantitative estimate of drug-likeness (QED) is 0.0236. The summed E-state index contributed by atoms with van der Waals surface area (Å²) in [6.45, 7) is 14.4. The van der Waals surface area contributed by atoms with Crippen LogP contribution in [0.1, 0.15) is 66.0 Å². The molecular weight excluding hydrogens is 911 g/mol. The number of ether oxygens (including phenoxy) is 5. The van der Waals surface area contributed by atoms with E-state index in [4.69, 9.17) is 23.7 Å². The number of carbonyl (C=O) groups is 6. The zero-order valence-corrected chi connectivity index (χ0v) is 39.4. The summed E-state index contributed by atoms with van der Waals surface area (Å²) in [4.78, 5) is 83.6. The molecule has 0 aliphatic carbocycles. The average molecular weight is 962 g/mol. The van der Waals surface area contributed by atoms with Gasteiger partial charge in [0.05, 0.1) is 55.5 Å². The molecule has 0 saturated carbocycles. The summed E-state index contributed by atoms with van der Waals surface area (Å²) in [5.74, 6) is -3.82. The minimum Gasteiger partial charge on any atom is -0.491 e. The molecule has 5 amide bonds. The second-order valence-electron chi connectivity index (χ2n) is 15.1. The van der Waals surface area contributed by atoms with Crippen LogP contribution >= 0.6 is 0 Å². The van der Waals surface area contributed by atoms with Gasteiger partial charge >= 0.3 is 5.97 Å². The van der Waals surface area contributed by atoms with E-state index in [0.717, 1.165) is 11.1 Å². The van der Waals surface area contributed by atoms with Crippen LogP contribution in [-0.2, 0) is 14.3 Å². The van der Waals surface area contributed by atoms with E-state index < -0.39 is 35.6 Å². The second kappa shape index (κ2) is 25.6. The van der Waals surface area contributed by atoms with Crippen molar-refractivity contribution >= 4 is 64.3 Å². The minimum absolute atomic E-state index is 0.000209. The van der Waals surface area contributed by atoms with E-state index >= 15 is 0 Å². The number of nitrogens with one attached hydrogen (secondary N) is 5. The van der Waals surface area contributed by atoms with Gasteiger partial charge in [-0.1, -0.05) is 67.8 Å². The number of anilines is 4. The number of hydrogen-bond donors (Lipinski definition) is 5. The second-order valence-corrected chi connectivity index (χ2v) is 15.1. The number of nitrogens with zero attached hydrogens (tertiary/aromatic N) is 2. The summed E-state index contributed by atoms with van der Waals surface area (Å²) in [6.07, 6.45) is 7.00. The number of carbonyl (C=O) groups excluding carboxylic acids is 6. The lowest BCUT2D eigenvalue weighted by atomic mass is 10.1. The first-order valence-electron chi connectivity index (χ1n) is 21.7. The highest BCUT2D eigenvalue weighted by Gasteiger charge is 2.27. The summed E-state index contributed by atoms with van der Waals surface area (Å²) in [6, 6.07) is 22.6. The number of esters is 1. The van der Waals surface area contributed by atoms with Crippen molar-refractivity contribution in [3.05, 3.63) is 168 Å². The van der Waals surface area contributed by atoms with E-state index in [1.807, 2.05) is 37.3 Å². The van der Waals surface area contributed by atoms with Crippen molar-refractivity contribution in [2.24, 2.45) is 0 Å². The van der Waals surface area contributed by atoms with E-state index in [9.17, 15) is 34.0 Å². The fourth-order valence-corrected chi connectivity index (χ4v) is 6.51. The Hall–Kier alpha value is -9.50. The van der Waals surface area contributed by atoms with Gasteiger partial charge in [0.1, 0.15) is 37.1 Å². The van der Waals surface area contributed by atoms with Crippen LogP contribution < -0.4 is 45.5 Å². The van der Waals surface area contributed by atoms with E-state index in [1.165, 1.54) is 99.3 Å². The van der Waals surface area contributed by atoms with Gasteiger partial charge in [-0.2, -0.15) is 5.26 Å². The lowest BCUT2D eigenvalue weighted by Gasteiger charge is -2.20. The normalized spacial score (nSPS) is 11.0. The third-order valence-electron chi connectivity index (χ3n) is 10.0. The molecule has 0 unspecified atom stereocenters. The molecule has 5 rings (SSSR count). The molecule has 0 bridgehead atoms. The molecule has 0 saturated heterocycles. The molecule has 5 N–H and O–H groups in total. The van der Waals surface area contributed by atoms with Gasteiger partial charge < -0.3 is 50.3 Å². The Morgan fingerprint density at radius 3 is 1.80 bits per heavy atom. The molecular formula is C53H51N7O11. The van der Waals surface area contributed by atoms with E-state index in [0.29, 0.717) is 11.3 Å². The van der Waals surface area contributed by atoms with Crippen molar-refractivity contribution in [3.8, 4) is 29.1 Å². The first-order valence-corrected chi connectivity index (χ1v) is 21.7. The predicted octanol–water partition coefficient (Wildman–Crippen LogP) is 8.08. The number of aromatic nitrogens is 1. The van der Waals surface area contributed by atoms with Gasteiger partial charge in [-0.15, -0.1) is 0 Å². The number of methoxy groups -OCH3 is 2. The number of amides is 5. The molecule has 0 radical (unpaired) electrons. The monoisotopic (exact) mass is 961 g/mol. The first kappa shape index (κ1) is 52.5. The van der Waals surface area contributed by atoms with Crippen LogP contribution in [-0.4, -0.2) is 80.6 Å². The van der Waals surface area contributed by atoms with Gasteiger partial charge in [0, 0.05) is 16.8 Å². The van der Waals surface area contributed by atoms with Crippen LogP contribution in [0, 0.1) is 18.3 Å². The molecule has 0 spiro atoms. The lowest BCUT2D eigenvalue weighted by Crippen LogP contribution is -2.43. The zero-order chi connectivity index (χ0) is 51.5. The van der Waals surface area contributed by atoms with Crippen molar-refractivity contribution in [1.82, 2.24) is 10.3 Å². The number of rotatable bonds is 23. The summed E-state index contributed by atoms with van der Waals surface area (Å²) < 4.78 is 28.1. The molecule has 0 aliphatic heterocycles. The maximum atomic E-state index is 13.9. The number of hydrogen-bond acceptors (Lipinski definition) is 13. The van der Waals surface area contributed by atoms with Crippen molar-refractivity contribution in [1.29, 1.82) is 5.26 Å². The number of pyridine rings is 1. The molecule has 18 nitrogen and oxygen atoms in total. The van der Waals surface area contributed by atoms with Crippen LogP contribution in [0.3, 0.4) is 0 Å². The topological polar surface area (TPSA) is 245 Å². The Balaban J connectivity index is 1.25. The smallest absolute Gasteiger partial charge is 0.342 e. The minimum atomic E-state index is -1.28. The molecule has 5 aromatic rings. The highest BCUT2D eigenvalue weighted by atomic mass is 16.5. The van der Waals surface area contributed by atoms with Crippen LogP contribution in [0.15, 0.2) is 135 Å². The maximum absolute atomic E-state index is 13.9. The molecule has 0 aliphatic rings. The predicted molar refractivity (Wildman–Crippen MR) is 268 cm³/mol. The fraction of sp³-hybridized carbons (Fsp3) is 0.170. The van der Waals surface area contributed by atoms with Gasteiger partial charge in [-0.05, 0) is 86.2 Å². The Labute approximate surface area is 410 Å². The molecule has 1 aromatic heterocycles. The van der Waals surface area contributed by atoms with Gasteiger partial charge in [0.2, 0.25) is 5.91 Å². The van der Waals surface area contributed by atoms with Crippen molar-refractivity contribution in [3.63, 3.8) is 0 Å². The first-order chi connectivity index (χ1) is 34.2. The summed E-state index contributed by atoms with van der Waals surface area (Å²) in [5.41, 5.74) is 3.39. The van der Waals surface area contributed by atoms with Crippen molar-refractivity contribution in [2.75, 3.05) is 55.3 Å². The van der Waals surface area contributed by atoms with Gasteiger partial charge in [0.15, 0.2) is 23.0 Å². The van der Waals surface area contributed by atoms with Crippen LogP contribution in [0.25, 0.3) is 6.08 Å². The van der Waals surface area contributed by atoms with E-state index in [-0.39, 0.29) is 94.6 Å². The van der Waals surface area contributed by atoms with Gasteiger partial charge in [-0.3, -0.25) is 24.0 Å². The number of benzene rings is 4. The largest absolute Gasteiger partial charge is 0.491 e. The maximum Gasteiger partial charge on any atom is 0.342 e. The molecule has 1 heterocycles. The van der Waals surface area contributed by atoms with Crippen LogP contribution in [0.4, 0.5) is 22.7 Å². The van der Waals surface area contributed by atoms with Crippen LogP contribution in [0.5, 0.6) is 23.0 Å². The van der Waals surface area contributed by atoms with Gasteiger partial charge in [0.25, 0.3) is 23.6 Å². The average Bonchev–Trinajstić information content (AvgIpc) is 3.37. The summed E-state index contributed by atoms with van der Waals surface area (Å²) in [7, 11) is 2.66. The highest BCUT2D eigenvalue weighted by Crippen LogP contribution is 2.42. The number of nitriles is 1. The summed E-state index contributed by atoms with van der Waals surface area (Å²) >= 11 is 0. The fourth-order valence-electron chi connectivity index (χ4n) is 6.51. The Bertz CT molecular complexity index is 2890. The van der Waals surface area contributed by atoms with Crippen LogP contribution in [0.2, 0.25) is 0 Å². The standard InChI is InChI=1S/C53H51N7O11/c1-8-27-69-44-38(50(63)59-41-24-21-39(53(66)71-29-10-3)45(47(41)68-7)70-28-9-2)20-23-40(46(44)67-6)58-49(62)35-15-17-36(18-16-35)56-52(65)43(25-26-54)60-51(64)42-22-19-37(31-55-42)57-48(61)33(5)30-34-13-11-32(4)12-14-34/h8-24,30-31,43H,1-3,25,27-29H2,4-7H3,(H,56,65)(H,57,61)(H,58,62)(H,59,63)(H,60,64)/b33-30+/t43-/m0/s1. The van der Waals surface area contributed by atoms with Gasteiger partial charge in [-0.25, -0.2) is 9.78 Å². The highest BCUT2D eigenvalue weighted by molar-refractivity contribution is 6.11. The molecule has 18 heteroatoms. The molecule has 1 atom stereocenters. The third kappa shape index (κ3) is 14.0. The van der Waals surface area contributed by atoms with E-state index in [2.05, 4.69) is 51.3 Å². The molecule has 0 fully saturated rings. The van der Waals surface area contributed by atoms with E-state index in [1.54, 1.807) is 13.0 Å². The Morgan fingerprint density at radius 2 is 1.24 bits per heavy atom. The summed E-state index contributed by atoms with van der Waals surface area (Å²) in [5, 5.41) is 22.9. The molecule has 71 heavy (non-hydrogen) atoms. The molecule has 4 aromatic carbocycles. The van der Waals surface area contributed by atoms with Crippen molar-refractivity contribution < 1.29 is 52.5 Å². The van der Waals surface area contributed by atoms with Crippen molar-refractivity contribution in [2.45, 2.75) is 26.3 Å². The Morgan fingerprint density at radius 1 is 0.662 bits per heavy atom. The number of aryl methyl sites for hydroxylation is 1.